The first kappa shape index (κ1) is 21.5. The summed E-state index contributed by atoms with van der Waals surface area (Å²) in [5.41, 5.74) is 4.43. The molecule has 0 aliphatic rings. The number of hydrogen-bond donors (Lipinski definition) is 3. The van der Waals surface area contributed by atoms with E-state index in [1.54, 1.807) is 0 Å². The maximum Gasteiger partial charge on any atom is 0.416 e. The molecule has 0 heterocycles. The number of benzene rings is 1. The molecule has 0 bridgehead atoms. The summed E-state index contributed by atoms with van der Waals surface area (Å²) in [6.07, 6.45) is -4.66. The van der Waals surface area contributed by atoms with Crippen molar-refractivity contribution in [3.05, 3.63) is 29.8 Å². The highest BCUT2D eigenvalue weighted by Gasteiger charge is 2.30. The zero-order valence-electron chi connectivity index (χ0n) is 12.3. The van der Waals surface area contributed by atoms with Crippen molar-refractivity contribution < 1.29 is 27.8 Å². The number of carbonyl (C=O) groups is 1. The Morgan fingerprint density at radius 2 is 2.09 bits per heavy atom. The van der Waals surface area contributed by atoms with Gasteiger partial charge in [-0.05, 0) is 31.2 Å². The van der Waals surface area contributed by atoms with Crippen LogP contribution in [0.5, 0.6) is 5.75 Å². The number of hydrogen-bond acceptors (Lipinski definition) is 4. The lowest BCUT2D eigenvalue weighted by atomic mass is 10.2. The molecule has 1 unspecified atom stereocenters. The molecule has 23 heavy (non-hydrogen) atoms. The SMILES string of the molecule is Cl.NCCCC(=O)NCC(O)COc1cccc(C(F)(F)F)c1. The largest absolute Gasteiger partial charge is 0.491 e. The molecular weight excluding hydrogens is 337 g/mol. The van der Waals surface area contributed by atoms with Crippen LogP contribution in [0.4, 0.5) is 13.2 Å². The van der Waals surface area contributed by atoms with E-state index in [0.29, 0.717) is 13.0 Å². The molecule has 0 aromatic heterocycles. The quantitative estimate of drug-likeness (QED) is 0.662. The monoisotopic (exact) mass is 356 g/mol. The van der Waals surface area contributed by atoms with Crippen molar-refractivity contribution in [2.24, 2.45) is 5.73 Å². The van der Waals surface area contributed by atoms with Crippen LogP contribution >= 0.6 is 12.4 Å². The van der Waals surface area contributed by atoms with Crippen LogP contribution in [0.25, 0.3) is 0 Å². The average molecular weight is 357 g/mol. The molecule has 0 fully saturated rings. The number of aliphatic hydroxyl groups is 1. The van der Waals surface area contributed by atoms with Crippen LogP contribution in [0.2, 0.25) is 0 Å². The van der Waals surface area contributed by atoms with Gasteiger partial charge in [-0.1, -0.05) is 6.07 Å². The van der Waals surface area contributed by atoms with E-state index in [1.165, 1.54) is 12.1 Å². The smallest absolute Gasteiger partial charge is 0.416 e. The zero-order chi connectivity index (χ0) is 16.6. The maximum absolute atomic E-state index is 12.5. The number of alkyl halides is 3. The lowest BCUT2D eigenvalue weighted by molar-refractivity contribution is -0.137. The third-order valence-electron chi connectivity index (χ3n) is 2.75. The van der Waals surface area contributed by atoms with E-state index in [4.69, 9.17) is 10.5 Å². The van der Waals surface area contributed by atoms with Crippen molar-refractivity contribution >= 4 is 18.3 Å². The fraction of sp³-hybridized carbons (Fsp3) is 0.500. The molecule has 1 aromatic rings. The second-order valence-electron chi connectivity index (χ2n) is 4.69. The molecule has 5 nitrogen and oxygen atoms in total. The molecule has 9 heteroatoms. The van der Waals surface area contributed by atoms with Gasteiger partial charge < -0.3 is 20.9 Å². The van der Waals surface area contributed by atoms with E-state index in [-0.39, 0.29) is 43.6 Å². The van der Waals surface area contributed by atoms with Gasteiger partial charge >= 0.3 is 6.18 Å². The van der Waals surface area contributed by atoms with E-state index in [9.17, 15) is 23.1 Å². The summed E-state index contributed by atoms with van der Waals surface area (Å²) in [5.74, 6) is -0.244. The van der Waals surface area contributed by atoms with Crippen molar-refractivity contribution in [2.45, 2.75) is 25.1 Å². The Morgan fingerprint density at radius 3 is 2.70 bits per heavy atom. The summed E-state index contributed by atoms with van der Waals surface area (Å²) in [4.78, 5) is 11.3. The Bertz CT molecular complexity index is 487. The fourth-order valence-corrected chi connectivity index (χ4v) is 1.60. The number of ether oxygens (including phenoxy) is 1. The molecular formula is C14H20ClF3N2O3. The summed E-state index contributed by atoms with van der Waals surface area (Å²) in [5, 5.41) is 12.1. The number of nitrogens with two attached hydrogens (primary N) is 1. The number of rotatable bonds is 8. The van der Waals surface area contributed by atoms with E-state index < -0.39 is 17.8 Å². The molecule has 0 aliphatic carbocycles. The number of aliphatic hydroxyl groups excluding tert-OH is 1. The Labute approximate surface area is 138 Å². The minimum Gasteiger partial charge on any atom is -0.491 e. The number of nitrogens with one attached hydrogen (secondary N) is 1. The highest BCUT2D eigenvalue weighted by atomic mass is 35.5. The van der Waals surface area contributed by atoms with Crippen molar-refractivity contribution in [3.8, 4) is 5.75 Å². The van der Waals surface area contributed by atoms with Crippen LogP contribution in [0.15, 0.2) is 24.3 Å². The van der Waals surface area contributed by atoms with Gasteiger partial charge in [0.25, 0.3) is 0 Å². The van der Waals surface area contributed by atoms with Gasteiger partial charge in [-0.25, -0.2) is 0 Å². The van der Waals surface area contributed by atoms with Gasteiger partial charge in [0.2, 0.25) is 5.91 Å². The van der Waals surface area contributed by atoms with E-state index in [2.05, 4.69) is 5.32 Å². The molecule has 1 rings (SSSR count). The molecule has 1 aromatic carbocycles. The van der Waals surface area contributed by atoms with Crippen LogP contribution in [-0.2, 0) is 11.0 Å². The van der Waals surface area contributed by atoms with Gasteiger partial charge in [0, 0.05) is 13.0 Å². The van der Waals surface area contributed by atoms with E-state index >= 15 is 0 Å². The predicted molar refractivity (Wildman–Crippen MR) is 81.5 cm³/mol. The molecule has 132 valence electrons. The highest BCUT2D eigenvalue weighted by molar-refractivity contribution is 5.85. The van der Waals surface area contributed by atoms with Crippen LogP contribution in [-0.4, -0.2) is 36.8 Å². The van der Waals surface area contributed by atoms with Crippen molar-refractivity contribution in [1.29, 1.82) is 0 Å². The second-order valence-corrected chi connectivity index (χ2v) is 4.69. The first-order valence-corrected chi connectivity index (χ1v) is 6.78. The standard InChI is InChI=1S/C14H19F3N2O3.ClH/c15-14(16,17)10-3-1-4-12(7-10)22-9-11(20)8-19-13(21)5-2-6-18;/h1,3-4,7,11,20H,2,5-6,8-9,18H2,(H,19,21);1H. The van der Waals surface area contributed by atoms with E-state index in [0.717, 1.165) is 12.1 Å². The van der Waals surface area contributed by atoms with Crippen LogP contribution in [0.1, 0.15) is 18.4 Å². The van der Waals surface area contributed by atoms with Gasteiger partial charge in [0.05, 0.1) is 5.56 Å². The van der Waals surface area contributed by atoms with Gasteiger partial charge in [-0.3, -0.25) is 4.79 Å². The maximum atomic E-state index is 12.5. The normalized spacial score (nSPS) is 12.2. The van der Waals surface area contributed by atoms with Crippen LogP contribution in [0.3, 0.4) is 0 Å². The lowest BCUT2D eigenvalue weighted by Crippen LogP contribution is -2.35. The first-order valence-electron chi connectivity index (χ1n) is 6.78. The fourth-order valence-electron chi connectivity index (χ4n) is 1.60. The third-order valence-corrected chi connectivity index (χ3v) is 2.75. The Hall–Kier alpha value is -1.51. The van der Waals surface area contributed by atoms with Gasteiger partial charge in [0.1, 0.15) is 18.5 Å². The Kier molecular flexibility index (Phi) is 9.62. The summed E-state index contributed by atoms with van der Waals surface area (Å²) >= 11 is 0. The van der Waals surface area contributed by atoms with Gasteiger partial charge in [-0.15, -0.1) is 12.4 Å². The minimum atomic E-state index is -4.45. The second kappa shape index (κ2) is 10.3. The van der Waals surface area contributed by atoms with E-state index in [1.807, 2.05) is 0 Å². The number of amides is 1. The topological polar surface area (TPSA) is 84.6 Å². The van der Waals surface area contributed by atoms with Crippen LogP contribution < -0.4 is 15.8 Å². The summed E-state index contributed by atoms with van der Waals surface area (Å²) < 4.78 is 42.6. The molecule has 4 N–H and O–H groups in total. The molecule has 1 atom stereocenters. The average Bonchev–Trinajstić information content (AvgIpc) is 2.48. The first-order chi connectivity index (χ1) is 10.3. The molecule has 0 radical (unpaired) electrons. The molecule has 0 spiro atoms. The number of carbonyl (C=O) groups excluding carboxylic acids is 1. The summed E-state index contributed by atoms with van der Waals surface area (Å²) in [6.45, 7) is 0.134. The Morgan fingerprint density at radius 1 is 1.39 bits per heavy atom. The third kappa shape index (κ3) is 8.63. The lowest BCUT2D eigenvalue weighted by Gasteiger charge is -2.14. The van der Waals surface area contributed by atoms with Crippen molar-refractivity contribution in [2.75, 3.05) is 19.7 Å². The zero-order valence-corrected chi connectivity index (χ0v) is 13.1. The Balaban J connectivity index is 0.00000484. The predicted octanol–water partition coefficient (Wildman–Crippen LogP) is 1.72. The van der Waals surface area contributed by atoms with Crippen molar-refractivity contribution in [3.63, 3.8) is 0 Å². The van der Waals surface area contributed by atoms with Crippen LogP contribution in [0, 0.1) is 0 Å². The number of halogens is 4. The molecule has 0 aliphatic heterocycles. The summed E-state index contributed by atoms with van der Waals surface area (Å²) in [6, 6.07) is 4.37. The highest BCUT2D eigenvalue weighted by Crippen LogP contribution is 2.31. The van der Waals surface area contributed by atoms with Crippen molar-refractivity contribution in [1.82, 2.24) is 5.32 Å². The minimum absolute atomic E-state index is 0. The molecule has 0 saturated heterocycles. The van der Waals surface area contributed by atoms with Gasteiger partial charge in [-0.2, -0.15) is 13.2 Å². The summed E-state index contributed by atoms with van der Waals surface area (Å²) in [7, 11) is 0. The van der Waals surface area contributed by atoms with Gasteiger partial charge in [0.15, 0.2) is 0 Å². The molecule has 0 saturated carbocycles. The molecule has 1 amide bonds.